The van der Waals surface area contributed by atoms with Crippen molar-refractivity contribution in [2.24, 2.45) is 0 Å². The first-order valence-corrected chi connectivity index (χ1v) is 10.9. The molecular formula is C23H28N2O4S. The highest BCUT2D eigenvalue weighted by atomic mass is 32.2. The summed E-state index contributed by atoms with van der Waals surface area (Å²) < 4.78 is 10.9. The van der Waals surface area contributed by atoms with E-state index in [1.165, 1.54) is 6.92 Å². The molecule has 1 aliphatic rings. The molecule has 1 aliphatic heterocycles. The smallest absolute Gasteiger partial charge is 0.303 e. The number of ether oxygens (including phenoxy) is 2. The minimum absolute atomic E-state index is 0.201. The van der Waals surface area contributed by atoms with Gasteiger partial charge < -0.3 is 19.3 Å². The molecule has 2 aromatic rings. The standard InChI is InChI=1S/C23H28N2O4S/c1-5-24(3)14-15-25-19-8-6-7-9-20(19)30-22(21(23(25)27)29-16(2)26)17-10-12-18(28-4)13-11-17/h6-13,21-22H,5,14-15H2,1-4H3/t21-,22+/m1/s1. The van der Waals surface area contributed by atoms with E-state index in [0.717, 1.165) is 35.0 Å². The van der Waals surface area contributed by atoms with Crippen molar-refractivity contribution in [2.75, 3.05) is 38.7 Å². The molecule has 0 spiro atoms. The van der Waals surface area contributed by atoms with Crippen molar-refractivity contribution in [2.45, 2.75) is 30.1 Å². The van der Waals surface area contributed by atoms with E-state index in [2.05, 4.69) is 11.8 Å². The molecule has 3 rings (SSSR count). The van der Waals surface area contributed by atoms with Crippen LogP contribution in [0.4, 0.5) is 5.69 Å². The van der Waals surface area contributed by atoms with Gasteiger partial charge in [-0.25, -0.2) is 0 Å². The van der Waals surface area contributed by atoms with Gasteiger partial charge in [-0.2, -0.15) is 0 Å². The van der Waals surface area contributed by atoms with Crippen LogP contribution in [0.1, 0.15) is 24.7 Å². The average molecular weight is 429 g/mol. The third kappa shape index (κ3) is 4.96. The molecule has 0 fully saturated rings. The summed E-state index contributed by atoms with van der Waals surface area (Å²) >= 11 is 1.55. The Morgan fingerprint density at radius 3 is 2.50 bits per heavy atom. The number of thioether (sulfide) groups is 1. The summed E-state index contributed by atoms with van der Waals surface area (Å²) in [5, 5.41) is -0.359. The van der Waals surface area contributed by atoms with Crippen molar-refractivity contribution in [1.82, 2.24) is 4.90 Å². The Bertz CT molecular complexity index is 887. The molecule has 0 aromatic heterocycles. The Kier molecular flexibility index (Phi) is 7.39. The molecule has 0 N–H and O–H groups in total. The summed E-state index contributed by atoms with van der Waals surface area (Å²) in [4.78, 5) is 30.4. The van der Waals surface area contributed by atoms with Crippen LogP contribution in [0.25, 0.3) is 0 Å². The Hall–Kier alpha value is -2.51. The lowest BCUT2D eigenvalue weighted by molar-refractivity contribution is -0.152. The van der Waals surface area contributed by atoms with Gasteiger partial charge in [0.2, 0.25) is 0 Å². The first kappa shape index (κ1) is 22.2. The molecule has 6 nitrogen and oxygen atoms in total. The van der Waals surface area contributed by atoms with Crippen LogP contribution in [0.15, 0.2) is 53.4 Å². The molecule has 0 radical (unpaired) electrons. The number of para-hydroxylation sites is 1. The van der Waals surface area contributed by atoms with Gasteiger partial charge in [0, 0.05) is 24.9 Å². The number of amides is 1. The van der Waals surface area contributed by atoms with Crippen LogP contribution in [0.2, 0.25) is 0 Å². The number of carbonyl (C=O) groups excluding carboxylic acids is 2. The number of carbonyl (C=O) groups is 2. The second-order valence-corrected chi connectivity index (χ2v) is 8.38. The third-order valence-corrected chi connectivity index (χ3v) is 6.55. The maximum atomic E-state index is 13.6. The van der Waals surface area contributed by atoms with Gasteiger partial charge in [-0.05, 0) is 43.4 Å². The number of esters is 1. The number of methoxy groups -OCH3 is 1. The molecule has 2 atom stereocenters. The zero-order valence-electron chi connectivity index (χ0n) is 17.8. The van der Waals surface area contributed by atoms with Crippen LogP contribution in [-0.2, 0) is 14.3 Å². The summed E-state index contributed by atoms with van der Waals surface area (Å²) in [5.74, 6) is 0.0642. The van der Waals surface area contributed by atoms with Gasteiger partial charge in [0.25, 0.3) is 5.91 Å². The largest absolute Gasteiger partial charge is 0.497 e. The first-order chi connectivity index (χ1) is 14.4. The summed E-state index contributed by atoms with van der Waals surface area (Å²) in [6, 6.07) is 15.4. The van der Waals surface area contributed by atoms with Crippen LogP contribution in [0.5, 0.6) is 5.75 Å². The monoisotopic (exact) mass is 428 g/mol. The fourth-order valence-electron chi connectivity index (χ4n) is 3.37. The fraction of sp³-hybridized carbons (Fsp3) is 0.391. The Balaban J connectivity index is 2.03. The number of benzene rings is 2. The molecule has 1 amide bonds. The second kappa shape index (κ2) is 10.00. The Morgan fingerprint density at radius 1 is 1.17 bits per heavy atom. The van der Waals surface area contributed by atoms with E-state index in [1.807, 2.05) is 55.6 Å². The third-order valence-electron chi connectivity index (χ3n) is 5.18. The highest BCUT2D eigenvalue weighted by Crippen LogP contribution is 2.46. The maximum Gasteiger partial charge on any atom is 0.303 e. The number of anilines is 1. The van der Waals surface area contributed by atoms with Gasteiger partial charge in [0.15, 0.2) is 6.10 Å². The summed E-state index contributed by atoms with van der Waals surface area (Å²) in [6.45, 7) is 5.56. The molecule has 1 heterocycles. The molecule has 0 bridgehead atoms. The molecule has 0 unspecified atom stereocenters. The number of hydrogen-bond acceptors (Lipinski definition) is 6. The number of fused-ring (bicyclic) bond motifs is 1. The molecule has 160 valence electrons. The quantitative estimate of drug-likeness (QED) is 0.626. The van der Waals surface area contributed by atoms with E-state index in [4.69, 9.17) is 9.47 Å². The lowest BCUT2D eigenvalue weighted by Crippen LogP contribution is -2.45. The van der Waals surface area contributed by atoms with E-state index in [9.17, 15) is 9.59 Å². The average Bonchev–Trinajstić information content (AvgIpc) is 2.87. The molecule has 30 heavy (non-hydrogen) atoms. The number of rotatable bonds is 7. The van der Waals surface area contributed by atoms with Crippen LogP contribution >= 0.6 is 11.8 Å². The van der Waals surface area contributed by atoms with Gasteiger partial charge in [0.05, 0.1) is 18.0 Å². The van der Waals surface area contributed by atoms with E-state index in [0.29, 0.717) is 6.54 Å². The summed E-state index contributed by atoms with van der Waals surface area (Å²) in [7, 11) is 3.63. The molecule has 0 aliphatic carbocycles. The lowest BCUT2D eigenvalue weighted by atomic mass is 10.1. The van der Waals surface area contributed by atoms with E-state index < -0.39 is 12.1 Å². The van der Waals surface area contributed by atoms with Crippen LogP contribution in [0, 0.1) is 0 Å². The Labute approximate surface area is 182 Å². The van der Waals surface area contributed by atoms with E-state index in [-0.39, 0.29) is 11.2 Å². The van der Waals surface area contributed by atoms with Crippen molar-refractivity contribution < 1.29 is 19.1 Å². The van der Waals surface area contributed by atoms with E-state index in [1.54, 1.807) is 23.8 Å². The van der Waals surface area contributed by atoms with Crippen molar-refractivity contribution in [1.29, 1.82) is 0 Å². The minimum Gasteiger partial charge on any atom is -0.497 e. The first-order valence-electron chi connectivity index (χ1n) is 10.0. The predicted octanol–water partition coefficient (Wildman–Crippen LogP) is 3.76. The minimum atomic E-state index is -0.916. The van der Waals surface area contributed by atoms with E-state index >= 15 is 0 Å². The van der Waals surface area contributed by atoms with Crippen molar-refractivity contribution >= 4 is 29.3 Å². The van der Waals surface area contributed by atoms with Crippen LogP contribution in [-0.4, -0.2) is 56.7 Å². The zero-order chi connectivity index (χ0) is 21.7. The van der Waals surface area contributed by atoms with Gasteiger partial charge in [-0.3, -0.25) is 9.59 Å². The Morgan fingerprint density at radius 2 is 1.87 bits per heavy atom. The number of hydrogen-bond donors (Lipinski definition) is 0. The summed E-state index contributed by atoms with van der Waals surface area (Å²) in [5.41, 5.74) is 1.76. The lowest BCUT2D eigenvalue weighted by Gasteiger charge is -2.28. The molecule has 0 saturated heterocycles. The van der Waals surface area contributed by atoms with Crippen molar-refractivity contribution in [3.05, 3.63) is 54.1 Å². The summed E-state index contributed by atoms with van der Waals surface area (Å²) in [6.07, 6.45) is -0.916. The number of likely N-dealkylation sites (N-methyl/N-ethyl adjacent to an activating group) is 1. The normalized spacial score (nSPS) is 18.7. The molecule has 0 saturated carbocycles. The topological polar surface area (TPSA) is 59.1 Å². The zero-order valence-corrected chi connectivity index (χ0v) is 18.6. The van der Waals surface area contributed by atoms with Crippen LogP contribution in [0.3, 0.4) is 0 Å². The van der Waals surface area contributed by atoms with Gasteiger partial charge in [0.1, 0.15) is 5.75 Å². The maximum absolute atomic E-state index is 13.6. The second-order valence-electron chi connectivity index (χ2n) is 7.20. The number of nitrogens with zero attached hydrogens (tertiary/aromatic N) is 2. The van der Waals surface area contributed by atoms with Crippen molar-refractivity contribution in [3.63, 3.8) is 0 Å². The predicted molar refractivity (Wildman–Crippen MR) is 119 cm³/mol. The highest BCUT2D eigenvalue weighted by Gasteiger charge is 2.40. The molecule has 7 heteroatoms. The molecule has 2 aromatic carbocycles. The molecular weight excluding hydrogens is 400 g/mol. The van der Waals surface area contributed by atoms with Gasteiger partial charge >= 0.3 is 5.97 Å². The van der Waals surface area contributed by atoms with Crippen LogP contribution < -0.4 is 9.64 Å². The van der Waals surface area contributed by atoms with Gasteiger partial charge in [-0.1, -0.05) is 31.2 Å². The fourth-order valence-corrected chi connectivity index (χ4v) is 4.69. The SMILES string of the molecule is CCN(C)CCN1C(=O)[C@H](OC(C)=O)[C@H](c2ccc(OC)cc2)Sc2ccccc21. The van der Waals surface area contributed by atoms with Gasteiger partial charge in [-0.15, -0.1) is 11.8 Å². The van der Waals surface area contributed by atoms with Crippen molar-refractivity contribution in [3.8, 4) is 5.75 Å². The highest BCUT2D eigenvalue weighted by molar-refractivity contribution is 7.99.